The molecule has 0 spiro atoms. The van der Waals surface area contributed by atoms with Crippen molar-refractivity contribution in [3.05, 3.63) is 258 Å². The summed E-state index contributed by atoms with van der Waals surface area (Å²) < 4.78 is 6.77. The predicted octanol–water partition coefficient (Wildman–Crippen LogP) is 8.59. The maximum Gasteiger partial charge on any atom is 0.274 e. The van der Waals surface area contributed by atoms with Gasteiger partial charge in [0.2, 0.25) is 0 Å². The minimum Gasteiger partial charge on any atom is -0.267 e. The smallest absolute Gasteiger partial charge is 0.267 e. The summed E-state index contributed by atoms with van der Waals surface area (Å²) in [4.78, 5) is 59.7. The molecule has 0 aliphatic carbocycles. The molecule has 0 saturated carbocycles. The predicted molar refractivity (Wildman–Crippen MR) is 250 cm³/mol. The molecular formula is C51H40N4O4P2. The maximum absolute atomic E-state index is 15.1. The van der Waals surface area contributed by atoms with Crippen LogP contribution in [0.25, 0.3) is 21.5 Å². The summed E-state index contributed by atoms with van der Waals surface area (Å²) in [6.45, 7) is 2.38. The lowest BCUT2D eigenvalue weighted by atomic mass is 10.1. The van der Waals surface area contributed by atoms with E-state index in [9.17, 15) is 14.4 Å². The van der Waals surface area contributed by atoms with E-state index in [0.717, 1.165) is 32.9 Å². The number of benzene rings is 7. The summed E-state index contributed by atoms with van der Waals surface area (Å²) in [5, 5.41) is 3.56. The molecule has 0 amide bonds. The van der Waals surface area contributed by atoms with Crippen molar-refractivity contribution in [3.8, 4) is 0 Å². The van der Waals surface area contributed by atoms with Gasteiger partial charge < -0.3 is 0 Å². The summed E-state index contributed by atoms with van der Waals surface area (Å²) in [6, 6.07) is 62.3. The van der Waals surface area contributed by atoms with Gasteiger partial charge in [-0.3, -0.25) is 19.2 Å². The standard InChI is InChI=1S/C51H40N4O4P2/c1-60(49(36-22-8-3-9-23-36)53-46(57)40-29-15-14-28-39(40)45(56)52(53)34-35-20-6-2-7-21-35)43-32-18-19-33-44(43)61-50(37-24-10-4-11-25-37)54-47(58)41-30-16-17-31-42(41)48(59)55(54)51(61)38-26-12-5-13-27-38/h2-33,49-51H,34H2,1H3/t49-,50-,51-,60?/m0/s1. The Morgan fingerprint density at radius 3 is 1.41 bits per heavy atom. The van der Waals surface area contributed by atoms with E-state index >= 15 is 4.79 Å². The molecule has 61 heavy (non-hydrogen) atoms. The Hall–Kier alpha value is -6.72. The zero-order chi connectivity index (χ0) is 41.6. The summed E-state index contributed by atoms with van der Waals surface area (Å²) in [5.41, 5.74) is 2.70. The highest BCUT2D eigenvalue weighted by molar-refractivity contribution is 7.72. The van der Waals surface area contributed by atoms with E-state index < -0.39 is 33.2 Å². The lowest BCUT2D eigenvalue weighted by Gasteiger charge is -2.34. The molecule has 0 fully saturated rings. The van der Waals surface area contributed by atoms with Crippen LogP contribution in [0.1, 0.15) is 39.6 Å². The first-order valence-electron chi connectivity index (χ1n) is 20.2. The number of nitrogens with zero attached hydrogens (tertiary/aromatic N) is 4. The van der Waals surface area contributed by atoms with Crippen molar-refractivity contribution in [3.63, 3.8) is 0 Å². The van der Waals surface area contributed by atoms with Crippen LogP contribution >= 0.6 is 15.8 Å². The van der Waals surface area contributed by atoms with Crippen molar-refractivity contribution >= 4 is 48.0 Å². The maximum atomic E-state index is 15.1. The highest BCUT2D eigenvalue weighted by Gasteiger charge is 2.46. The van der Waals surface area contributed by atoms with E-state index in [0.29, 0.717) is 21.5 Å². The molecule has 2 aromatic heterocycles. The van der Waals surface area contributed by atoms with Crippen LogP contribution in [0.3, 0.4) is 0 Å². The van der Waals surface area contributed by atoms with Crippen LogP contribution in [0.5, 0.6) is 0 Å². The summed E-state index contributed by atoms with van der Waals surface area (Å²) in [6.07, 6.45) is 0. The fourth-order valence-corrected chi connectivity index (χ4v) is 15.3. The van der Waals surface area contributed by atoms with E-state index in [1.54, 1.807) is 67.3 Å². The van der Waals surface area contributed by atoms with Crippen molar-refractivity contribution in [2.24, 2.45) is 0 Å². The molecular weight excluding hydrogens is 795 g/mol. The van der Waals surface area contributed by atoms with Crippen LogP contribution in [-0.2, 0) is 6.54 Å². The van der Waals surface area contributed by atoms with Gasteiger partial charge in [0, 0.05) is 0 Å². The first-order chi connectivity index (χ1) is 29.9. The second-order valence-corrected chi connectivity index (χ2v) is 19.7. The lowest BCUT2D eigenvalue weighted by Crippen LogP contribution is -2.42. The van der Waals surface area contributed by atoms with Crippen LogP contribution in [0.4, 0.5) is 0 Å². The number of aromatic nitrogens is 4. The normalized spacial score (nSPS) is 16.1. The average Bonchev–Trinajstić information content (AvgIpc) is 3.69. The molecule has 1 aliphatic heterocycles. The van der Waals surface area contributed by atoms with Gasteiger partial charge >= 0.3 is 0 Å². The van der Waals surface area contributed by atoms with Crippen LogP contribution in [-0.4, -0.2) is 25.4 Å². The molecule has 10 rings (SSSR count). The second kappa shape index (κ2) is 16.0. The lowest BCUT2D eigenvalue weighted by molar-refractivity contribution is 0.462. The van der Waals surface area contributed by atoms with Gasteiger partial charge in [-0.15, -0.1) is 0 Å². The third-order valence-corrected chi connectivity index (χ3v) is 17.3. The molecule has 0 saturated heterocycles. The third kappa shape index (κ3) is 6.55. The summed E-state index contributed by atoms with van der Waals surface area (Å²) in [7, 11) is -2.82. The first kappa shape index (κ1) is 38.5. The molecule has 1 aliphatic rings. The summed E-state index contributed by atoms with van der Waals surface area (Å²) >= 11 is 0. The zero-order valence-corrected chi connectivity index (χ0v) is 35.0. The molecule has 298 valence electrons. The highest BCUT2D eigenvalue weighted by Crippen LogP contribution is 2.65. The topological polar surface area (TPSA) is 88.0 Å². The second-order valence-electron chi connectivity index (χ2n) is 15.2. The molecule has 9 aromatic rings. The van der Waals surface area contributed by atoms with E-state index in [1.165, 1.54) is 0 Å². The molecule has 1 unspecified atom stereocenters. The van der Waals surface area contributed by atoms with Crippen LogP contribution in [0, 0.1) is 0 Å². The summed E-state index contributed by atoms with van der Waals surface area (Å²) in [5.74, 6) is -1.60. The molecule has 4 atom stereocenters. The average molecular weight is 835 g/mol. The van der Waals surface area contributed by atoms with Crippen LogP contribution < -0.4 is 32.8 Å². The highest BCUT2D eigenvalue weighted by atomic mass is 31.1. The molecule has 0 bridgehead atoms. The monoisotopic (exact) mass is 834 g/mol. The molecule has 8 nitrogen and oxygen atoms in total. The quantitative estimate of drug-likeness (QED) is 0.136. The first-order valence-corrected chi connectivity index (χ1v) is 23.6. The molecule has 3 heterocycles. The van der Waals surface area contributed by atoms with Gasteiger partial charge in [-0.2, -0.15) is 0 Å². The van der Waals surface area contributed by atoms with Crippen molar-refractivity contribution in [1.29, 1.82) is 0 Å². The van der Waals surface area contributed by atoms with Gasteiger partial charge in [0.05, 0.1) is 28.1 Å². The number of hydrogen-bond acceptors (Lipinski definition) is 4. The number of rotatable bonds is 9. The van der Waals surface area contributed by atoms with Crippen LogP contribution in [0.15, 0.2) is 213 Å². The minimum absolute atomic E-state index is 0.196. The SMILES string of the molecule is CP(c1ccccc1P1[C@@H](c2ccccc2)n2c(=O)c3ccccc3c(=O)n2[C@@H]1c1ccccc1)[C@@H](c1ccccc1)n1c(=O)c2ccccc2c(=O)n1Cc1ccccc1. The fourth-order valence-electron chi connectivity index (χ4n) is 8.98. The van der Waals surface area contributed by atoms with Crippen LogP contribution in [0.2, 0.25) is 0 Å². The van der Waals surface area contributed by atoms with Gasteiger partial charge in [-0.05, 0) is 79.6 Å². The molecule has 10 heteroatoms. The number of fused-ring (bicyclic) bond motifs is 3. The molecule has 0 radical (unpaired) electrons. The number of hydrogen-bond donors (Lipinski definition) is 0. The van der Waals surface area contributed by atoms with Crippen molar-refractivity contribution in [2.75, 3.05) is 6.66 Å². The van der Waals surface area contributed by atoms with E-state index in [1.807, 2.05) is 133 Å². The van der Waals surface area contributed by atoms with Gasteiger partial charge in [-0.1, -0.05) is 170 Å². The Bertz CT molecular complexity index is 3210. The minimum atomic E-state index is -1.46. The Morgan fingerprint density at radius 2 is 0.885 bits per heavy atom. The largest absolute Gasteiger partial charge is 0.274 e. The zero-order valence-electron chi connectivity index (χ0n) is 33.2. The van der Waals surface area contributed by atoms with Gasteiger partial charge in [0.15, 0.2) is 0 Å². The van der Waals surface area contributed by atoms with Crippen molar-refractivity contribution in [2.45, 2.75) is 23.9 Å². The fraction of sp³-hybridized carbons (Fsp3) is 0.0980. The van der Waals surface area contributed by atoms with E-state index in [-0.39, 0.29) is 28.8 Å². The van der Waals surface area contributed by atoms with E-state index in [4.69, 9.17) is 0 Å². The Labute approximate surface area is 353 Å². The Kier molecular flexibility index (Phi) is 10.1. The van der Waals surface area contributed by atoms with Gasteiger partial charge in [0.25, 0.3) is 22.2 Å². The van der Waals surface area contributed by atoms with E-state index in [2.05, 4.69) is 18.8 Å². The molecule has 7 aromatic carbocycles. The molecule has 0 N–H and O–H groups in total. The third-order valence-electron chi connectivity index (χ3n) is 11.7. The van der Waals surface area contributed by atoms with Gasteiger partial charge in [0.1, 0.15) is 17.3 Å². The van der Waals surface area contributed by atoms with Crippen molar-refractivity contribution < 1.29 is 0 Å². The van der Waals surface area contributed by atoms with Crippen molar-refractivity contribution in [1.82, 2.24) is 18.7 Å². The Morgan fingerprint density at radius 1 is 0.475 bits per heavy atom. The van der Waals surface area contributed by atoms with Gasteiger partial charge in [-0.25, -0.2) is 18.7 Å². The Balaban J connectivity index is 1.26.